The highest BCUT2D eigenvalue weighted by atomic mass is 16.5. The summed E-state index contributed by atoms with van der Waals surface area (Å²) in [6.45, 7) is 7.38. The molecule has 136 valence electrons. The first kappa shape index (κ1) is 17.8. The number of aryl methyl sites for hydroxylation is 3. The van der Waals surface area contributed by atoms with Crippen LogP contribution in [0.1, 0.15) is 43.3 Å². The van der Waals surface area contributed by atoms with Crippen molar-refractivity contribution in [1.82, 2.24) is 14.9 Å². The fourth-order valence-electron chi connectivity index (χ4n) is 3.16. The third kappa shape index (κ3) is 3.00. The summed E-state index contributed by atoms with van der Waals surface area (Å²) >= 11 is 0. The van der Waals surface area contributed by atoms with E-state index < -0.39 is 11.6 Å². The molecule has 0 saturated heterocycles. The standard InChI is InChI=1S/C19H22N4O3/c1-5-13-9-7-8-10-14(13)20-18(24)15(6-2)23-19(25)17-16(11(3)21-23)12(4)26-22-17/h7-10,15H,5-6H2,1-4H3,(H,20,24)/t15-/m1/s1. The van der Waals surface area contributed by atoms with Gasteiger partial charge in [-0.25, -0.2) is 4.68 Å². The minimum atomic E-state index is -0.729. The Morgan fingerprint density at radius 1 is 1.27 bits per heavy atom. The van der Waals surface area contributed by atoms with Crippen LogP contribution in [0.25, 0.3) is 10.9 Å². The van der Waals surface area contributed by atoms with Gasteiger partial charge in [0.05, 0.1) is 11.1 Å². The molecule has 0 saturated carbocycles. The molecule has 1 aromatic carbocycles. The molecule has 2 heterocycles. The van der Waals surface area contributed by atoms with Crippen molar-refractivity contribution in [2.45, 2.75) is 46.6 Å². The maximum atomic E-state index is 12.9. The van der Waals surface area contributed by atoms with Crippen LogP contribution < -0.4 is 10.9 Å². The van der Waals surface area contributed by atoms with E-state index in [-0.39, 0.29) is 11.4 Å². The zero-order valence-electron chi connectivity index (χ0n) is 15.4. The Morgan fingerprint density at radius 3 is 2.69 bits per heavy atom. The Labute approximate surface area is 151 Å². The zero-order chi connectivity index (χ0) is 18.8. The molecule has 0 fully saturated rings. The van der Waals surface area contributed by atoms with Gasteiger partial charge in [-0.2, -0.15) is 5.10 Å². The summed E-state index contributed by atoms with van der Waals surface area (Å²) in [7, 11) is 0. The molecule has 26 heavy (non-hydrogen) atoms. The smallest absolute Gasteiger partial charge is 0.297 e. The molecule has 0 radical (unpaired) electrons. The van der Waals surface area contributed by atoms with E-state index in [1.54, 1.807) is 13.8 Å². The van der Waals surface area contributed by atoms with Gasteiger partial charge in [0.2, 0.25) is 5.91 Å². The van der Waals surface area contributed by atoms with E-state index in [9.17, 15) is 9.59 Å². The van der Waals surface area contributed by atoms with Crippen molar-refractivity contribution in [2.24, 2.45) is 0 Å². The number of hydrogen-bond donors (Lipinski definition) is 1. The summed E-state index contributed by atoms with van der Waals surface area (Å²) in [5.74, 6) is 0.269. The van der Waals surface area contributed by atoms with Gasteiger partial charge in [0.15, 0.2) is 5.52 Å². The number of fused-ring (bicyclic) bond motifs is 1. The first-order chi connectivity index (χ1) is 12.5. The first-order valence-corrected chi connectivity index (χ1v) is 8.72. The highest BCUT2D eigenvalue weighted by Gasteiger charge is 2.25. The lowest BCUT2D eigenvalue weighted by atomic mass is 10.1. The number of carbonyl (C=O) groups is 1. The first-order valence-electron chi connectivity index (χ1n) is 8.72. The van der Waals surface area contributed by atoms with Crippen LogP contribution in [0.5, 0.6) is 0 Å². The Bertz CT molecular complexity index is 1020. The van der Waals surface area contributed by atoms with Crippen molar-refractivity contribution in [3.05, 3.63) is 51.6 Å². The van der Waals surface area contributed by atoms with Gasteiger partial charge in [0.25, 0.3) is 5.56 Å². The molecule has 7 heteroatoms. The summed E-state index contributed by atoms with van der Waals surface area (Å²) in [6, 6.07) is 6.90. The van der Waals surface area contributed by atoms with Crippen molar-refractivity contribution in [1.29, 1.82) is 0 Å². The number of rotatable bonds is 5. The van der Waals surface area contributed by atoms with E-state index in [4.69, 9.17) is 4.52 Å². The molecule has 2 aromatic heterocycles. The van der Waals surface area contributed by atoms with E-state index in [0.29, 0.717) is 23.3 Å². The second kappa shape index (κ2) is 7.11. The van der Waals surface area contributed by atoms with Crippen molar-refractivity contribution in [2.75, 3.05) is 5.32 Å². The van der Waals surface area contributed by atoms with Gasteiger partial charge < -0.3 is 9.84 Å². The third-order valence-corrected chi connectivity index (χ3v) is 4.53. The highest BCUT2D eigenvalue weighted by molar-refractivity contribution is 5.94. The molecule has 0 aliphatic rings. The van der Waals surface area contributed by atoms with E-state index >= 15 is 0 Å². The van der Waals surface area contributed by atoms with E-state index in [1.165, 1.54) is 4.68 Å². The predicted molar refractivity (Wildman–Crippen MR) is 99.3 cm³/mol. The minimum Gasteiger partial charge on any atom is -0.360 e. The third-order valence-electron chi connectivity index (χ3n) is 4.53. The second-order valence-corrected chi connectivity index (χ2v) is 6.22. The van der Waals surface area contributed by atoms with E-state index in [2.05, 4.69) is 15.6 Å². The van der Waals surface area contributed by atoms with E-state index in [0.717, 1.165) is 17.7 Å². The van der Waals surface area contributed by atoms with Crippen molar-refractivity contribution < 1.29 is 9.32 Å². The molecule has 7 nitrogen and oxygen atoms in total. The number of aromatic nitrogens is 3. The quantitative estimate of drug-likeness (QED) is 0.760. The van der Waals surface area contributed by atoms with Crippen LogP contribution in [0, 0.1) is 13.8 Å². The van der Waals surface area contributed by atoms with Gasteiger partial charge in [-0.3, -0.25) is 9.59 Å². The molecule has 0 aliphatic heterocycles. The van der Waals surface area contributed by atoms with Crippen molar-refractivity contribution in [3.8, 4) is 0 Å². The molecule has 1 amide bonds. The molecule has 3 rings (SSSR count). The second-order valence-electron chi connectivity index (χ2n) is 6.22. The lowest BCUT2D eigenvalue weighted by Gasteiger charge is -2.18. The number of benzene rings is 1. The number of nitrogens with zero attached hydrogens (tertiary/aromatic N) is 3. The fraction of sp³-hybridized carbons (Fsp3) is 0.368. The maximum Gasteiger partial charge on any atom is 0.297 e. The van der Waals surface area contributed by atoms with Crippen LogP contribution in [0.3, 0.4) is 0 Å². The van der Waals surface area contributed by atoms with Gasteiger partial charge in [0, 0.05) is 5.69 Å². The van der Waals surface area contributed by atoms with E-state index in [1.807, 2.05) is 38.1 Å². The number of anilines is 1. The molecule has 1 atom stereocenters. The average molecular weight is 354 g/mol. The van der Waals surface area contributed by atoms with Gasteiger partial charge in [-0.1, -0.05) is 37.2 Å². The SMILES string of the molecule is CCc1ccccc1NC(=O)[C@@H](CC)n1nc(C)c2c(C)onc2c1=O. The Balaban J connectivity index is 2.01. The van der Waals surface area contributed by atoms with Gasteiger partial charge >= 0.3 is 0 Å². The fourth-order valence-corrected chi connectivity index (χ4v) is 3.16. The van der Waals surface area contributed by atoms with Crippen LogP contribution >= 0.6 is 0 Å². The number of nitrogens with one attached hydrogen (secondary N) is 1. The van der Waals surface area contributed by atoms with Gasteiger partial charge in [-0.15, -0.1) is 0 Å². The predicted octanol–water partition coefficient (Wildman–Crippen LogP) is 3.15. The summed E-state index contributed by atoms with van der Waals surface area (Å²) in [5.41, 5.74) is 2.18. The minimum absolute atomic E-state index is 0.204. The molecule has 3 aromatic rings. The monoisotopic (exact) mass is 354 g/mol. The number of carbonyl (C=O) groups excluding carboxylic acids is 1. The average Bonchev–Trinajstić information content (AvgIpc) is 3.03. The normalized spacial score (nSPS) is 12.3. The number of para-hydroxylation sites is 1. The van der Waals surface area contributed by atoms with Crippen LogP contribution in [-0.4, -0.2) is 20.8 Å². The summed E-state index contributed by atoms with van der Waals surface area (Å²) in [6.07, 6.45) is 1.23. The molecular weight excluding hydrogens is 332 g/mol. The Morgan fingerprint density at radius 2 is 2.00 bits per heavy atom. The Kier molecular flexibility index (Phi) is 4.88. The van der Waals surface area contributed by atoms with Gasteiger partial charge in [0.1, 0.15) is 11.8 Å². The molecule has 0 spiro atoms. The van der Waals surface area contributed by atoms with Crippen LogP contribution in [0.2, 0.25) is 0 Å². The largest absolute Gasteiger partial charge is 0.360 e. The van der Waals surface area contributed by atoms with Crippen LogP contribution in [-0.2, 0) is 11.2 Å². The molecule has 0 bridgehead atoms. The van der Waals surface area contributed by atoms with Gasteiger partial charge in [-0.05, 0) is 38.3 Å². The molecule has 0 aliphatic carbocycles. The zero-order valence-corrected chi connectivity index (χ0v) is 15.4. The van der Waals surface area contributed by atoms with Crippen LogP contribution in [0.4, 0.5) is 5.69 Å². The molecule has 0 unspecified atom stereocenters. The number of amides is 1. The highest BCUT2D eigenvalue weighted by Crippen LogP contribution is 2.21. The topological polar surface area (TPSA) is 90.0 Å². The number of hydrogen-bond acceptors (Lipinski definition) is 5. The summed E-state index contributed by atoms with van der Waals surface area (Å²) in [5, 5.41) is 11.7. The lowest BCUT2D eigenvalue weighted by molar-refractivity contribution is -0.119. The lowest BCUT2D eigenvalue weighted by Crippen LogP contribution is -2.35. The maximum absolute atomic E-state index is 12.9. The van der Waals surface area contributed by atoms with Crippen molar-refractivity contribution in [3.63, 3.8) is 0 Å². The molecule has 1 N–H and O–H groups in total. The Hall–Kier alpha value is -2.96. The van der Waals surface area contributed by atoms with Crippen LogP contribution in [0.15, 0.2) is 33.6 Å². The molecular formula is C19H22N4O3. The summed E-state index contributed by atoms with van der Waals surface area (Å²) in [4.78, 5) is 25.6. The summed E-state index contributed by atoms with van der Waals surface area (Å²) < 4.78 is 6.34. The van der Waals surface area contributed by atoms with Crippen molar-refractivity contribution >= 4 is 22.5 Å².